The molecule has 0 aliphatic carbocycles. The number of anilines is 1. The number of aryl methyl sites for hydroxylation is 1. The molecule has 0 radical (unpaired) electrons. The average Bonchev–Trinajstić information content (AvgIpc) is 2.79. The molecule has 1 aliphatic rings. The molecule has 5 rings (SSSR count). The maximum absolute atomic E-state index is 13.4. The molecule has 0 spiro atoms. The number of quaternary nitrogens is 1. The molecular formula is C25H27N4O+. The summed E-state index contributed by atoms with van der Waals surface area (Å²) in [5, 5.41) is 2.81. The standard InChI is InChI=1S/C25H26N4O/c1-3-27-12-14-28(15-13-27)21-8-10-22(11-9-21)29-18(2)26-24-17-20-7-5-4-6-19(20)16-23(24)25(29)30/h4-11,16-17H,3,12-15H2,1-2H3/p+1. The molecule has 3 aromatic carbocycles. The molecule has 0 unspecified atom stereocenters. The lowest BCUT2D eigenvalue weighted by atomic mass is 10.1. The largest absolute Gasteiger partial charge is 0.360 e. The molecule has 4 aromatic rings. The molecular weight excluding hydrogens is 372 g/mol. The van der Waals surface area contributed by atoms with Crippen molar-refractivity contribution in [2.75, 3.05) is 37.6 Å². The van der Waals surface area contributed by atoms with Crippen LogP contribution in [-0.4, -0.2) is 42.3 Å². The van der Waals surface area contributed by atoms with Crippen molar-refractivity contribution < 1.29 is 4.90 Å². The van der Waals surface area contributed by atoms with Crippen LogP contribution in [0.25, 0.3) is 27.4 Å². The van der Waals surface area contributed by atoms with Crippen molar-refractivity contribution in [1.29, 1.82) is 0 Å². The summed E-state index contributed by atoms with van der Waals surface area (Å²) in [6, 6.07) is 20.4. The van der Waals surface area contributed by atoms with Gasteiger partial charge in [0.2, 0.25) is 0 Å². The van der Waals surface area contributed by atoms with E-state index in [9.17, 15) is 4.79 Å². The van der Waals surface area contributed by atoms with Gasteiger partial charge in [0.15, 0.2) is 0 Å². The summed E-state index contributed by atoms with van der Waals surface area (Å²) in [7, 11) is 0. The number of benzene rings is 3. The first-order valence-electron chi connectivity index (χ1n) is 10.7. The third-order valence-corrected chi connectivity index (χ3v) is 6.35. The quantitative estimate of drug-likeness (QED) is 0.539. The van der Waals surface area contributed by atoms with Crippen molar-refractivity contribution in [1.82, 2.24) is 9.55 Å². The number of hydrogen-bond acceptors (Lipinski definition) is 3. The molecule has 5 heteroatoms. The van der Waals surface area contributed by atoms with Gasteiger partial charge < -0.3 is 9.80 Å². The van der Waals surface area contributed by atoms with Crippen LogP contribution in [0.3, 0.4) is 0 Å². The lowest BCUT2D eigenvalue weighted by Crippen LogP contribution is -3.14. The number of aromatic nitrogens is 2. The maximum atomic E-state index is 13.4. The monoisotopic (exact) mass is 399 g/mol. The summed E-state index contributed by atoms with van der Waals surface area (Å²) in [5.41, 5.74) is 2.82. The topological polar surface area (TPSA) is 42.6 Å². The molecule has 1 N–H and O–H groups in total. The Bertz CT molecular complexity index is 1270. The fourth-order valence-corrected chi connectivity index (χ4v) is 4.54. The number of hydrogen-bond donors (Lipinski definition) is 1. The normalized spacial score (nSPS) is 15.2. The van der Waals surface area contributed by atoms with E-state index in [1.54, 1.807) is 9.47 Å². The fraction of sp³-hybridized carbons (Fsp3) is 0.280. The first kappa shape index (κ1) is 18.8. The van der Waals surface area contributed by atoms with Crippen LogP contribution in [-0.2, 0) is 0 Å². The molecule has 1 fully saturated rings. The van der Waals surface area contributed by atoms with Crippen molar-refractivity contribution in [2.45, 2.75) is 13.8 Å². The van der Waals surface area contributed by atoms with E-state index in [0.29, 0.717) is 11.2 Å². The molecule has 0 atom stereocenters. The van der Waals surface area contributed by atoms with Crippen LogP contribution in [0.4, 0.5) is 5.69 Å². The first-order chi connectivity index (χ1) is 14.6. The van der Waals surface area contributed by atoms with Gasteiger partial charge in [-0.1, -0.05) is 24.3 Å². The highest BCUT2D eigenvalue weighted by Gasteiger charge is 2.19. The average molecular weight is 400 g/mol. The molecule has 1 aliphatic heterocycles. The molecule has 0 amide bonds. The summed E-state index contributed by atoms with van der Waals surface area (Å²) in [6.45, 7) is 9.85. The van der Waals surface area contributed by atoms with Crippen LogP contribution in [0, 0.1) is 6.92 Å². The summed E-state index contributed by atoms with van der Waals surface area (Å²) in [5.74, 6) is 0.704. The summed E-state index contributed by atoms with van der Waals surface area (Å²) >= 11 is 0. The summed E-state index contributed by atoms with van der Waals surface area (Å²) in [4.78, 5) is 22.2. The number of nitrogens with zero attached hydrogens (tertiary/aromatic N) is 3. The molecule has 1 aromatic heterocycles. The van der Waals surface area contributed by atoms with Crippen LogP contribution >= 0.6 is 0 Å². The molecule has 1 saturated heterocycles. The second kappa shape index (κ2) is 7.58. The van der Waals surface area contributed by atoms with Gasteiger partial charge in [0.05, 0.1) is 49.3 Å². The van der Waals surface area contributed by atoms with Gasteiger partial charge in [0.25, 0.3) is 5.56 Å². The zero-order chi connectivity index (χ0) is 20.7. The van der Waals surface area contributed by atoms with Gasteiger partial charge in [-0.3, -0.25) is 9.36 Å². The van der Waals surface area contributed by atoms with E-state index in [1.165, 1.54) is 25.3 Å². The molecule has 2 heterocycles. The highest BCUT2D eigenvalue weighted by Crippen LogP contribution is 2.22. The minimum absolute atomic E-state index is 0.0174. The van der Waals surface area contributed by atoms with Gasteiger partial charge in [-0.15, -0.1) is 0 Å². The zero-order valence-electron chi connectivity index (χ0n) is 17.6. The van der Waals surface area contributed by atoms with Crippen LogP contribution in [0.15, 0.2) is 65.5 Å². The van der Waals surface area contributed by atoms with E-state index in [0.717, 1.165) is 35.1 Å². The fourth-order valence-electron chi connectivity index (χ4n) is 4.54. The van der Waals surface area contributed by atoms with Crippen LogP contribution in [0.5, 0.6) is 0 Å². The number of likely N-dealkylation sites (N-methyl/N-ethyl adjacent to an activating group) is 1. The van der Waals surface area contributed by atoms with Gasteiger partial charge in [0, 0.05) is 5.69 Å². The van der Waals surface area contributed by atoms with Gasteiger partial charge in [0.1, 0.15) is 5.82 Å². The molecule has 152 valence electrons. The van der Waals surface area contributed by atoms with Gasteiger partial charge in [-0.05, 0) is 61.0 Å². The Morgan fingerprint density at radius 2 is 1.57 bits per heavy atom. The van der Waals surface area contributed by atoms with Crippen LogP contribution in [0.2, 0.25) is 0 Å². The molecule has 0 bridgehead atoms. The Balaban J connectivity index is 1.52. The lowest BCUT2D eigenvalue weighted by Gasteiger charge is -2.33. The third-order valence-electron chi connectivity index (χ3n) is 6.35. The van der Waals surface area contributed by atoms with Crippen molar-refractivity contribution in [2.24, 2.45) is 0 Å². The minimum Gasteiger partial charge on any atom is -0.360 e. The van der Waals surface area contributed by atoms with Gasteiger partial charge in [-0.25, -0.2) is 4.98 Å². The first-order valence-corrected chi connectivity index (χ1v) is 10.7. The van der Waals surface area contributed by atoms with Crippen molar-refractivity contribution >= 4 is 27.4 Å². The van der Waals surface area contributed by atoms with Crippen molar-refractivity contribution in [3.63, 3.8) is 0 Å². The Labute approximate surface area is 176 Å². The summed E-state index contributed by atoms with van der Waals surface area (Å²) in [6.07, 6.45) is 0. The van der Waals surface area contributed by atoms with E-state index in [4.69, 9.17) is 4.98 Å². The maximum Gasteiger partial charge on any atom is 0.265 e. The number of piperazine rings is 1. The van der Waals surface area contributed by atoms with E-state index in [2.05, 4.69) is 30.0 Å². The van der Waals surface area contributed by atoms with Crippen LogP contribution < -0.4 is 15.4 Å². The second-order valence-corrected chi connectivity index (χ2v) is 8.12. The Hall–Kier alpha value is -3.18. The summed E-state index contributed by atoms with van der Waals surface area (Å²) < 4.78 is 1.72. The number of rotatable bonds is 3. The Morgan fingerprint density at radius 3 is 2.23 bits per heavy atom. The lowest BCUT2D eigenvalue weighted by molar-refractivity contribution is -0.898. The highest BCUT2D eigenvalue weighted by atomic mass is 16.1. The number of fused-ring (bicyclic) bond motifs is 2. The van der Waals surface area contributed by atoms with Crippen molar-refractivity contribution in [3.8, 4) is 5.69 Å². The molecule has 30 heavy (non-hydrogen) atoms. The second-order valence-electron chi connectivity index (χ2n) is 8.12. The van der Waals surface area contributed by atoms with Crippen LogP contribution in [0.1, 0.15) is 12.7 Å². The number of nitrogens with one attached hydrogen (secondary N) is 1. The predicted molar refractivity (Wildman–Crippen MR) is 123 cm³/mol. The Kier molecular flexibility index (Phi) is 4.75. The predicted octanol–water partition coefficient (Wildman–Crippen LogP) is 2.57. The van der Waals surface area contributed by atoms with Crippen molar-refractivity contribution in [3.05, 3.63) is 76.8 Å². The minimum atomic E-state index is -0.0174. The smallest absolute Gasteiger partial charge is 0.265 e. The highest BCUT2D eigenvalue weighted by molar-refractivity contribution is 5.96. The molecule has 0 saturated carbocycles. The van der Waals surface area contributed by atoms with Gasteiger partial charge in [-0.2, -0.15) is 0 Å². The van der Waals surface area contributed by atoms with E-state index >= 15 is 0 Å². The van der Waals surface area contributed by atoms with Gasteiger partial charge >= 0.3 is 0 Å². The zero-order valence-corrected chi connectivity index (χ0v) is 17.6. The SMILES string of the molecule is CC[NH+]1CCN(c2ccc(-n3c(C)nc4cc5ccccc5cc4c3=O)cc2)CC1. The molecule has 5 nitrogen and oxygen atoms in total. The third kappa shape index (κ3) is 3.25. The van der Waals surface area contributed by atoms with E-state index in [-0.39, 0.29) is 5.56 Å². The Morgan fingerprint density at radius 1 is 0.933 bits per heavy atom. The van der Waals surface area contributed by atoms with E-state index in [1.807, 2.05) is 49.4 Å². The van der Waals surface area contributed by atoms with E-state index < -0.39 is 0 Å².